The normalized spacial score (nSPS) is 11.9. The highest BCUT2D eigenvalue weighted by Gasteiger charge is 2.25. The molecular formula is C16H13ClN4O3S. The molecule has 128 valence electrons. The number of benzene rings is 1. The molecule has 0 bridgehead atoms. The molecule has 0 unspecified atom stereocenters. The summed E-state index contributed by atoms with van der Waals surface area (Å²) < 4.78 is 7.01. The largest absolute Gasteiger partial charge is 0.456 e. The number of carbonyl (C=O) groups is 2. The summed E-state index contributed by atoms with van der Waals surface area (Å²) in [6.07, 6.45) is 1.69. The van der Waals surface area contributed by atoms with E-state index in [2.05, 4.69) is 15.5 Å². The van der Waals surface area contributed by atoms with Crippen molar-refractivity contribution in [3.05, 3.63) is 63.6 Å². The van der Waals surface area contributed by atoms with Crippen molar-refractivity contribution in [3.63, 3.8) is 0 Å². The first-order chi connectivity index (χ1) is 12.1. The van der Waals surface area contributed by atoms with Gasteiger partial charge in [0.2, 0.25) is 5.78 Å². The van der Waals surface area contributed by atoms with Crippen LogP contribution in [0.3, 0.4) is 0 Å². The number of hydrogen-bond donors (Lipinski definition) is 0. The van der Waals surface area contributed by atoms with Gasteiger partial charge in [0, 0.05) is 6.42 Å². The Labute approximate surface area is 152 Å². The van der Waals surface area contributed by atoms with Gasteiger partial charge in [-0.3, -0.25) is 4.79 Å². The third kappa shape index (κ3) is 4.49. The molecule has 0 amide bonds. The van der Waals surface area contributed by atoms with Crippen molar-refractivity contribution < 1.29 is 14.3 Å². The van der Waals surface area contributed by atoms with Crippen LogP contribution in [0.15, 0.2) is 48.8 Å². The highest BCUT2D eigenvalue weighted by molar-refractivity contribution is 7.18. The molecule has 3 rings (SSSR count). The molecule has 0 fully saturated rings. The monoisotopic (exact) mass is 376 g/mol. The zero-order valence-electron chi connectivity index (χ0n) is 12.9. The Morgan fingerprint density at radius 2 is 2.00 bits per heavy atom. The van der Waals surface area contributed by atoms with Crippen LogP contribution in [0.2, 0.25) is 4.34 Å². The summed E-state index contributed by atoms with van der Waals surface area (Å²) in [5.41, 5.74) is 0.927. The second-order valence-electron chi connectivity index (χ2n) is 5.13. The average Bonchev–Trinajstić information content (AvgIpc) is 3.30. The fraction of sp³-hybridized carbons (Fsp3) is 0.188. The zero-order valence-corrected chi connectivity index (χ0v) is 14.5. The molecular weight excluding hydrogens is 364 g/mol. The van der Waals surface area contributed by atoms with Crippen LogP contribution in [0.5, 0.6) is 0 Å². The SMILES string of the molecule is O=C(COC(=O)[C@@H](Cc1ccccc1)n1cnnn1)c1ccc(Cl)s1. The molecule has 0 radical (unpaired) electrons. The van der Waals surface area contributed by atoms with Crippen molar-refractivity contribution in [2.24, 2.45) is 0 Å². The Kier molecular flexibility index (Phi) is 5.52. The van der Waals surface area contributed by atoms with Crippen molar-refractivity contribution in [2.75, 3.05) is 6.61 Å². The quantitative estimate of drug-likeness (QED) is 0.465. The van der Waals surface area contributed by atoms with E-state index in [1.54, 1.807) is 12.1 Å². The molecule has 0 spiro atoms. The average molecular weight is 377 g/mol. The van der Waals surface area contributed by atoms with E-state index in [9.17, 15) is 9.59 Å². The van der Waals surface area contributed by atoms with Crippen molar-refractivity contribution in [1.29, 1.82) is 0 Å². The van der Waals surface area contributed by atoms with Gasteiger partial charge in [-0.15, -0.1) is 16.4 Å². The lowest BCUT2D eigenvalue weighted by molar-refractivity contribution is -0.146. The van der Waals surface area contributed by atoms with Gasteiger partial charge < -0.3 is 4.74 Å². The zero-order chi connectivity index (χ0) is 17.6. The molecule has 2 heterocycles. The van der Waals surface area contributed by atoms with Crippen LogP contribution in [-0.2, 0) is 16.0 Å². The number of rotatable bonds is 7. The number of carbonyl (C=O) groups excluding carboxylic acids is 2. The number of esters is 1. The third-order valence-electron chi connectivity index (χ3n) is 3.42. The van der Waals surface area contributed by atoms with Gasteiger partial charge in [0.05, 0.1) is 9.21 Å². The summed E-state index contributed by atoms with van der Waals surface area (Å²) in [5.74, 6) is -0.882. The molecule has 0 aliphatic rings. The van der Waals surface area contributed by atoms with E-state index in [1.165, 1.54) is 11.0 Å². The Balaban J connectivity index is 1.68. The number of aromatic nitrogens is 4. The number of Topliss-reactive ketones (excluding diaryl/α,β-unsaturated/α-hetero) is 1. The summed E-state index contributed by atoms with van der Waals surface area (Å²) in [4.78, 5) is 25.0. The second-order valence-corrected chi connectivity index (χ2v) is 6.85. The number of ether oxygens (including phenoxy) is 1. The van der Waals surface area contributed by atoms with Gasteiger partial charge in [0.15, 0.2) is 12.6 Å². The Bertz CT molecular complexity index is 851. The molecule has 0 aliphatic heterocycles. The molecule has 0 aliphatic carbocycles. The summed E-state index contributed by atoms with van der Waals surface area (Å²) >= 11 is 6.95. The van der Waals surface area contributed by atoms with Crippen molar-refractivity contribution >= 4 is 34.7 Å². The molecule has 2 aromatic heterocycles. The van der Waals surface area contributed by atoms with Crippen LogP contribution in [0.25, 0.3) is 0 Å². The van der Waals surface area contributed by atoms with E-state index in [4.69, 9.17) is 16.3 Å². The van der Waals surface area contributed by atoms with E-state index in [-0.39, 0.29) is 12.4 Å². The maximum atomic E-state index is 12.5. The smallest absolute Gasteiger partial charge is 0.331 e. The van der Waals surface area contributed by atoms with Crippen molar-refractivity contribution in [2.45, 2.75) is 12.5 Å². The van der Waals surface area contributed by atoms with Gasteiger partial charge in [-0.1, -0.05) is 41.9 Å². The molecule has 7 nitrogen and oxygen atoms in total. The fourth-order valence-corrected chi connectivity index (χ4v) is 3.17. The minimum Gasteiger partial charge on any atom is -0.456 e. The predicted octanol–water partition coefficient (Wildman–Crippen LogP) is 2.60. The minimum absolute atomic E-state index is 0.305. The van der Waals surface area contributed by atoms with Crippen LogP contribution < -0.4 is 0 Å². The predicted molar refractivity (Wildman–Crippen MR) is 91.6 cm³/mol. The second kappa shape index (κ2) is 8.00. The van der Waals surface area contributed by atoms with Crippen LogP contribution in [0.1, 0.15) is 21.3 Å². The Hall–Kier alpha value is -2.58. The van der Waals surface area contributed by atoms with Crippen LogP contribution in [0, 0.1) is 0 Å². The third-order valence-corrected chi connectivity index (χ3v) is 4.69. The topological polar surface area (TPSA) is 87.0 Å². The lowest BCUT2D eigenvalue weighted by Gasteiger charge is -2.15. The fourth-order valence-electron chi connectivity index (χ4n) is 2.20. The standard InChI is InChI=1S/C16H13ClN4O3S/c17-15-7-6-14(25-15)13(22)9-24-16(23)12(21-10-18-19-20-21)8-11-4-2-1-3-5-11/h1-7,10,12H,8-9H2/t12-/m1/s1. The van der Waals surface area contributed by atoms with Crippen molar-refractivity contribution in [3.8, 4) is 0 Å². The van der Waals surface area contributed by atoms with E-state index >= 15 is 0 Å². The van der Waals surface area contributed by atoms with Gasteiger partial charge in [0.25, 0.3) is 0 Å². The molecule has 1 atom stereocenters. The van der Waals surface area contributed by atoms with Gasteiger partial charge in [-0.05, 0) is 28.1 Å². The minimum atomic E-state index is -0.753. The lowest BCUT2D eigenvalue weighted by atomic mass is 10.1. The first-order valence-corrected chi connectivity index (χ1v) is 8.54. The van der Waals surface area contributed by atoms with Gasteiger partial charge in [0.1, 0.15) is 6.33 Å². The first kappa shape index (κ1) is 17.2. The summed E-state index contributed by atoms with van der Waals surface area (Å²) in [6, 6.07) is 11.9. The van der Waals surface area contributed by atoms with Gasteiger partial charge in [-0.2, -0.15) is 0 Å². The number of hydrogen-bond acceptors (Lipinski definition) is 7. The highest BCUT2D eigenvalue weighted by atomic mass is 35.5. The lowest BCUT2D eigenvalue weighted by Crippen LogP contribution is -2.26. The number of tetrazole rings is 1. The molecule has 0 saturated carbocycles. The first-order valence-electron chi connectivity index (χ1n) is 7.35. The number of ketones is 1. The Morgan fingerprint density at radius 3 is 2.64 bits per heavy atom. The number of nitrogens with zero attached hydrogens (tertiary/aromatic N) is 4. The van der Waals surface area contributed by atoms with Crippen LogP contribution in [0.4, 0.5) is 0 Å². The molecule has 0 saturated heterocycles. The number of thiophene rings is 1. The summed E-state index contributed by atoms with van der Waals surface area (Å²) in [6.45, 7) is -0.358. The van der Waals surface area contributed by atoms with E-state index < -0.39 is 12.0 Å². The molecule has 3 aromatic rings. The van der Waals surface area contributed by atoms with E-state index in [0.717, 1.165) is 16.9 Å². The molecule has 9 heteroatoms. The Morgan fingerprint density at radius 1 is 1.20 bits per heavy atom. The highest BCUT2D eigenvalue weighted by Crippen LogP contribution is 2.22. The summed E-state index contributed by atoms with van der Waals surface area (Å²) in [5, 5.41) is 10.9. The maximum Gasteiger partial charge on any atom is 0.331 e. The molecule has 0 N–H and O–H groups in total. The van der Waals surface area contributed by atoms with Crippen LogP contribution >= 0.6 is 22.9 Å². The summed E-state index contributed by atoms with van der Waals surface area (Å²) in [7, 11) is 0. The van der Waals surface area contributed by atoms with Gasteiger partial charge in [-0.25, -0.2) is 9.48 Å². The van der Waals surface area contributed by atoms with Crippen molar-refractivity contribution in [1.82, 2.24) is 20.2 Å². The maximum absolute atomic E-state index is 12.5. The van der Waals surface area contributed by atoms with E-state index in [0.29, 0.717) is 15.6 Å². The molecule has 25 heavy (non-hydrogen) atoms. The van der Waals surface area contributed by atoms with E-state index in [1.807, 2.05) is 30.3 Å². The molecule has 1 aromatic carbocycles. The van der Waals surface area contributed by atoms with Crippen LogP contribution in [-0.4, -0.2) is 38.6 Å². The number of halogens is 1. The van der Waals surface area contributed by atoms with Gasteiger partial charge >= 0.3 is 5.97 Å².